The van der Waals surface area contributed by atoms with E-state index in [0.29, 0.717) is 12.8 Å². The van der Waals surface area contributed by atoms with Crippen LogP contribution in [0.15, 0.2) is 41.3 Å². The highest BCUT2D eigenvalue weighted by atomic mass is 32.2. The van der Waals surface area contributed by atoms with Crippen LogP contribution in [-0.4, -0.2) is 38.8 Å². The number of amides is 1. The quantitative estimate of drug-likeness (QED) is 0.799. The van der Waals surface area contributed by atoms with E-state index in [2.05, 4.69) is 5.32 Å². The molecular formula is C20H22F2N2O4S. The predicted octanol–water partition coefficient (Wildman–Crippen LogP) is 3.32. The minimum atomic E-state index is -3.86. The van der Waals surface area contributed by atoms with Gasteiger partial charge in [0, 0.05) is 24.8 Å². The fraction of sp³-hybridized carbons (Fsp3) is 0.350. The number of sulfonamides is 1. The van der Waals surface area contributed by atoms with Crippen LogP contribution >= 0.6 is 0 Å². The summed E-state index contributed by atoms with van der Waals surface area (Å²) < 4.78 is 59.2. The molecule has 2 aromatic carbocycles. The first-order valence-electron chi connectivity index (χ1n) is 9.13. The number of hydrogen-bond donors (Lipinski definition) is 1. The summed E-state index contributed by atoms with van der Waals surface area (Å²) in [6, 6.07) is 7.96. The Morgan fingerprint density at radius 2 is 1.93 bits per heavy atom. The number of carbonyl (C=O) groups is 1. The van der Waals surface area contributed by atoms with Crippen molar-refractivity contribution in [2.24, 2.45) is 5.92 Å². The van der Waals surface area contributed by atoms with E-state index in [-0.39, 0.29) is 29.4 Å². The molecule has 0 bridgehead atoms. The first-order valence-corrected chi connectivity index (χ1v) is 10.6. The largest absolute Gasteiger partial charge is 0.495 e. The monoisotopic (exact) mass is 424 g/mol. The molecule has 3 rings (SSSR count). The van der Waals surface area contributed by atoms with Gasteiger partial charge in [-0.3, -0.25) is 4.79 Å². The number of aryl methyl sites for hydroxylation is 1. The minimum Gasteiger partial charge on any atom is -0.495 e. The van der Waals surface area contributed by atoms with Crippen molar-refractivity contribution in [2.45, 2.75) is 24.7 Å². The highest BCUT2D eigenvalue weighted by Gasteiger charge is 2.35. The summed E-state index contributed by atoms with van der Waals surface area (Å²) in [5, 5.41) is 2.53. The molecule has 0 aromatic heterocycles. The van der Waals surface area contributed by atoms with Crippen LogP contribution in [0.3, 0.4) is 0 Å². The molecule has 9 heteroatoms. The second kappa shape index (κ2) is 8.46. The van der Waals surface area contributed by atoms with Crippen LogP contribution in [-0.2, 0) is 14.8 Å². The molecule has 1 aliphatic rings. The molecule has 156 valence electrons. The zero-order valence-electron chi connectivity index (χ0n) is 16.1. The number of methoxy groups -OCH3 is 1. The van der Waals surface area contributed by atoms with Crippen molar-refractivity contribution in [3.63, 3.8) is 0 Å². The molecule has 1 aliphatic heterocycles. The van der Waals surface area contributed by atoms with Gasteiger partial charge in [0.15, 0.2) is 11.6 Å². The van der Waals surface area contributed by atoms with E-state index < -0.39 is 33.5 Å². The highest BCUT2D eigenvalue weighted by molar-refractivity contribution is 7.89. The Labute approximate surface area is 168 Å². The number of benzene rings is 2. The summed E-state index contributed by atoms with van der Waals surface area (Å²) in [6.07, 6.45) is 0.996. The van der Waals surface area contributed by atoms with Gasteiger partial charge < -0.3 is 10.1 Å². The Hall–Kier alpha value is -2.52. The molecule has 0 saturated carbocycles. The number of nitrogens with zero attached hydrogens (tertiary/aromatic N) is 1. The molecule has 2 aromatic rings. The van der Waals surface area contributed by atoms with Gasteiger partial charge in [-0.1, -0.05) is 6.07 Å². The van der Waals surface area contributed by atoms with Crippen LogP contribution < -0.4 is 10.1 Å². The lowest BCUT2D eigenvalue weighted by Crippen LogP contribution is -2.43. The van der Waals surface area contributed by atoms with E-state index in [4.69, 9.17) is 4.74 Å². The van der Waals surface area contributed by atoms with E-state index in [9.17, 15) is 22.0 Å². The fourth-order valence-electron chi connectivity index (χ4n) is 3.32. The van der Waals surface area contributed by atoms with Crippen molar-refractivity contribution in [3.8, 4) is 5.75 Å². The molecule has 1 fully saturated rings. The minimum absolute atomic E-state index is 0.00502. The molecule has 1 heterocycles. The van der Waals surface area contributed by atoms with Crippen molar-refractivity contribution < 1.29 is 26.7 Å². The molecule has 1 saturated heterocycles. The molecular weight excluding hydrogens is 402 g/mol. The lowest BCUT2D eigenvalue weighted by molar-refractivity contribution is -0.120. The second-order valence-corrected chi connectivity index (χ2v) is 8.88. The van der Waals surface area contributed by atoms with E-state index in [0.717, 1.165) is 17.7 Å². The number of anilines is 1. The molecule has 1 N–H and O–H groups in total. The summed E-state index contributed by atoms with van der Waals surface area (Å²) in [6.45, 7) is 2.07. The van der Waals surface area contributed by atoms with E-state index in [1.54, 1.807) is 25.1 Å². The van der Waals surface area contributed by atoms with Gasteiger partial charge in [0.2, 0.25) is 15.9 Å². The fourth-order valence-corrected chi connectivity index (χ4v) is 5.08. The molecule has 0 spiro atoms. The highest BCUT2D eigenvalue weighted by Crippen LogP contribution is 2.31. The Kier molecular flexibility index (Phi) is 6.18. The van der Waals surface area contributed by atoms with Crippen LogP contribution in [0, 0.1) is 24.5 Å². The van der Waals surface area contributed by atoms with Crippen LogP contribution in [0.25, 0.3) is 0 Å². The van der Waals surface area contributed by atoms with Crippen LogP contribution in [0.5, 0.6) is 5.75 Å². The number of hydrogen-bond acceptors (Lipinski definition) is 4. The van der Waals surface area contributed by atoms with Crippen LogP contribution in [0.1, 0.15) is 18.4 Å². The summed E-state index contributed by atoms with van der Waals surface area (Å²) in [7, 11) is -2.46. The van der Waals surface area contributed by atoms with Gasteiger partial charge in [0.1, 0.15) is 10.6 Å². The van der Waals surface area contributed by atoms with Gasteiger partial charge in [-0.2, -0.15) is 4.31 Å². The Balaban J connectivity index is 1.78. The number of nitrogens with one attached hydrogen (secondary N) is 1. The van der Waals surface area contributed by atoms with Crippen LogP contribution in [0.4, 0.5) is 14.5 Å². The lowest BCUT2D eigenvalue weighted by atomic mass is 9.98. The van der Waals surface area contributed by atoms with Gasteiger partial charge in [-0.25, -0.2) is 17.2 Å². The van der Waals surface area contributed by atoms with E-state index >= 15 is 0 Å². The molecule has 0 unspecified atom stereocenters. The molecule has 29 heavy (non-hydrogen) atoms. The normalized spacial score (nSPS) is 17.7. The van der Waals surface area contributed by atoms with E-state index in [1.807, 2.05) is 0 Å². The van der Waals surface area contributed by atoms with Crippen molar-refractivity contribution >= 4 is 21.6 Å². The van der Waals surface area contributed by atoms with E-state index in [1.165, 1.54) is 17.5 Å². The maximum atomic E-state index is 13.4. The number of rotatable bonds is 5. The Bertz CT molecular complexity index is 1030. The summed E-state index contributed by atoms with van der Waals surface area (Å²) in [5.74, 6) is -2.88. The van der Waals surface area contributed by atoms with Gasteiger partial charge in [0.25, 0.3) is 0 Å². The topological polar surface area (TPSA) is 75.7 Å². The number of ether oxygens (including phenoxy) is 1. The lowest BCUT2D eigenvalue weighted by Gasteiger charge is -2.31. The zero-order valence-corrected chi connectivity index (χ0v) is 16.9. The van der Waals surface area contributed by atoms with Crippen LogP contribution in [0.2, 0.25) is 0 Å². The van der Waals surface area contributed by atoms with Crippen molar-refractivity contribution in [1.29, 1.82) is 0 Å². The molecule has 1 amide bonds. The van der Waals surface area contributed by atoms with Gasteiger partial charge in [0.05, 0.1) is 13.0 Å². The van der Waals surface area contributed by atoms with Gasteiger partial charge >= 0.3 is 0 Å². The summed E-state index contributed by atoms with van der Waals surface area (Å²) >= 11 is 0. The average Bonchev–Trinajstić information content (AvgIpc) is 2.70. The summed E-state index contributed by atoms with van der Waals surface area (Å²) in [5.41, 5.74) is 0.892. The standard InChI is InChI=1S/C20H22F2N2O4S/c1-13-5-8-18(28-2)19(10-13)29(26,27)24-9-3-4-14(12-24)20(25)23-15-6-7-16(21)17(22)11-15/h5-8,10-11,14H,3-4,9,12H2,1-2H3,(H,23,25)/t14-/m1/s1. The maximum absolute atomic E-state index is 13.4. The first kappa shape index (κ1) is 21.2. The molecule has 1 atom stereocenters. The predicted molar refractivity (Wildman–Crippen MR) is 104 cm³/mol. The number of carbonyl (C=O) groups excluding carboxylic acids is 1. The SMILES string of the molecule is COc1ccc(C)cc1S(=O)(=O)N1CCC[C@@H](C(=O)Nc2ccc(F)c(F)c2)C1. The molecule has 0 radical (unpaired) electrons. The third kappa shape index (κ3) is 4.56. The number of halogens is 2. The van der Waals surface area contributed by atoms with Crippen molar-refractivity contribution in [2.75, 3.05) is 25.5 Å². The Morgan fingerprint density at radius 1 is 1.17 bits per heavy atom. The Morgan fingerprint density at radius 3 is 2.62 bits per heavy atom. The zero-order chi connectivity index (χ0) is 21.2. The average molecular weight is 424 g/mol. The number of piperidine rings is 1. The third-order valence-electron chi connectivity index (χ3n) is 4.88. The van der Waals surface area contributed by atoms with Crippen molar-refractivity contribution in [1.82, 2.24) is 4.31 Å². The smallest absolute Gasteiger partial charge is 0.246 e. The third-order valence-corrected chi connectivity index (χ3v) is 6.77. The second-order valence-electron chi connectivity index (χ2n) is 6.97. The van der Waals surface area contributed by atoms with Gasteiger partial charge in [-0.15, -0.1) is 0 Å². The summed E-state index contributed by atoms with van der Waals surface area (Å²) in [4.78, 5) is 12.6. The first-order chi connectivity index (χ1) is 13.7. The molecule has 0 aliphatic carbocycles. The van der Waals surface area contributed by atoms with Crippen molar-refractivity contribution in [3.05, 3.63) is 53.6 Å². The van der Waals surface area contributed by atoms with Gasteiger partial charge in [-0.05, 0) is 49.6 Å². The molecule has 6 nitrogen and oxygen atoms in total. The maximum Gasteiger partial charge on any atom is 0.246 e.